The molecular weight excluding hydrogens is 326 g/mol. The van der Waals surface area contributed by atoms with Crippen molar-refractivity contribution in [1.82, 2.24) is 15.0 Å². The summed E-state index contributed by atoms with van der Waals surface area (Å²) in [6.45, 7) is 0. The number of ether oxygens (including phenoxy) is 1. The van der Waals surface area contributed by atoms with Crippen LogP contribution in [0.5, 0.6) is 5.88 Å². The molecule has 0 saturated heterocycles. The molecule has 1 aromatic carbocycles. The molecule has 1 aliphatic carbocycles. The zero-order valence-electron chi connectivity index (χ0n) is 15.2. The molecule has 0 atom stereocenters. The maximum absolute atomic E-state index is 12.6. The molecule has 0 aliphatic heterocycles. The summed E-state index contributed by atoms with van der Waals surface area (Å²) in [5, 5.41) is 1.15. The summed E-state index contributed by atoms with van der Waals surface area (Å²) < 4.78 is 5.50. The van der Waals surface area contributed by atoms with Gasteiger partial charge in [0.05, 0.1) is 12.8 Å². The minimum atomic E-state index is -0.0776. The first-order valence-corrected chi connectivity index (χ1v) is 9.45. The summed E-state index contributed by atoms with van der Waals surface area (Å²) in [6.07, 6.45) is 9.54. The van der Waals surface area contributed by atoms with Crippen LogP contribution in [0.3, 0.4) is 0 Å². The Balaban J connectivity index is 1.62. The van der Waals surface area contributed by atoms with Crippen LogP contribution < -0.4 is 10.3 Å². The molecule has 0 unspecified atom stereocenters. The van der Waals surface area contributed by atoms with Crippen molar-refractivity contribution >= 4 is 10.9 Å². The van der Waals surface area contributed by atoms with E-state index in [1.54, 1.807) is 7.11 Å². The maximum atomic E-state index is 12.6. The zero-order chi connectivity index (χ0) is 17.9. The van der Waals surface area contributed by atoms with Crippen molar-refractivity contribution in [1.29, 1.82) is 0 Å². The lowest BCUT2D eigenvalue weighted by atomic mass is 9.86. The summed E-state index contributed by atoms with van der Waals surface area (Å²) in [7, 11) is 1.61. The van der Waals surface area contributed by atoms with Crippen molar-refractivity contribution in [3.05, 3.63) is 57.8 Å². The number of H-pyrrole nitrogens is 2. The minimum absolute atomic E-state index is 0.0776. The summed E-state index contributed by atoms with van der Waals surface area (Å²) in [5.74, 6) is 1.10. The average Bonchev–Trinajstić information content (AvgIpc) is 3.08. The molecule has 2 heterocycles. The van der Waals surface area contributed by atoms with Crippen LogP contribution in [0, 0.1) is 5.92 Å². The fourth-order valence-corrected chi connectivity index (χ4v) is 4.06. The third-order valence-corrected chi connectivity index (χ3v) is 5.46. The van der Waals surface area contributed by atoms with Gasteiger partial charge in [0.15, 0.2) is 0 Å². The molecule has 0 amide bonds. The SMILES string of the molecule is COc1nc(CC2CCCCC2)c(=O)[nH]c1Cc1c[nH]c2ccccc12. The van der Waals surface area contributed by atoms with Crippen LogP contribution >= 0.6 is 0 Å². The first-order valence-electron chi connectivity index (χ1n) is 9.45. The Morgan fingerprint density at radius 2 is 2.00 bits per heavy atom. The first kappa shape index (κ1) is 16.9. The topological polar surface area (TPSA) is 70.8 Å². The number of rotatable bonds is 5. The van der Waals surface area contributed by atoms with Crippen molar-refractivity contribution in [2.45, 2.75) is 44.9 Å². The van der Waals surface area contributed by atoms with Gasteiger partial charge < -0.3 is 14.7 Å². The van der Waals surface area contributed by atoms with E-state index in [2.05, 4.69) is 21.0 Å². The second-order valence-corrected chi connectivity index (χ2v) is 7.24. The summed E-state index contributed by atoms with van der Waals surface area (Å²) in [6, 6.07) is 8.15. The summed E-state index contributed by atoms with van der Waals surface area (Å²) in [5.41, 5.74) is 3.47. The minimum Gasteiger partial charge on any atom is -0.480 e. The lowest BCUT2D eigenvalue weighted by molar-refractivity contribution is 0.348. The van der Waals surface area contributed by atoms with Gasteiger partial charge in [-0.3, -0.25) is 4.79 Å². The Kier molecular flexibility index (Phi) is 4.78. The predicted molar refractivity (Wildman–Crippen MR) is 103 cm³/mol. The van der Waals surface area contributed by atoms with Gasteiger partial charge in [-0.25, -0.2) is 4.98 Å². The second kappa shape index (κ2) is 7.36. The van der Waals surface area contributed by atoms with E-state index in [9.17, 15) is 4.79 Å². The Hall–Kier alpha value is -2.56. The number of aromatic nitrogens is 3. The summed E-state index contributed by atoms with van der Waals surface area (Å²) >= 11 is 0. The van der Waals surface area contributed by atoms with Crippen molar-refractivity contribution in [2.24, 2.45) is 5.92 Å². The van der Waals surface area contributed by atoms with Gasteiger partial charge in [-0.1, -0.05) is 50.3 Å². The predicted octanol–water partition coefficient (Wildman–Crippen LogP) is 3.97. The number of hydrogen-bond acceptors (Lipinski definition) is 3. The number of para-hydroxylation sites is 1. The van der Waals surface area contributed by atoms with Crippen molar-refractivity contribution in [3.8, 4) is 5.88 Å². The molecule has 0 bridgehead atoms. The van der Waals surface area contributed by atoms with Crippen LogP contribution in [-0.2, 0) is 12.8 Å². The largest absolute Gasteiger partial charge is 0.480 e. The number of nitrogens with zero attached hydrogens (tertiary/aromatic N) is 1. The van der Waals surface area contributed by atoms with E-state index in [4.69, 9.17) is 4.74 Å². The molecule has 136 valence electrons. The van der Waals surface area contributed by atoms with E-state index in [0.29, 0.717) is 23.9 Å². The average molecular weight is 351 g/mol. The highest BCUT2D eigenvalue weighted by atomic mass is 16.5. The number of methoxy groups -OCH3 is 1. The smallest absolute Gasteiger partial charge is 0.270 e. The molecule has 0 spiro atoms. The van der Waals surface area contributed by atoms with E-state index < -0.39 is 0 Å². The molecule has 2 aromatic heterocycles. The number of benzene rings is 1. The lowest BCUT2D eigenvalue weighted by Gasteiger charge is -2.21. The van der Waals surface area contributed by atoms with Gasteiger partial charge in [-0.2, -0.15) is 0 Å². The van der Waals surface area contributed by atoms with Gasteiger partial charge in [-0.15, -0.1) is 0 Å². The van der Waals surface area contributed by atoms with E-state index in [0.717, 1.165) is 28.6 Å². The molecule has 2 N–H and O–H groups in total. The van der Waals surface area contributed by atoms with E-state index in [1.165, 1.54) is 32.1 Å². The molecule has 1 aliphatic rings. The van der Waals surface area contributed by atoms with Crippen LogP contribution in [0.2, 0.25) is 0 Å². The molecule has 4 rings (SSSR count). The Labute approximate surface area is 152 Å². The molecular formula is C21H25N3O2. The highest BCUT2D eigenvalue weighted by Crippen LogP contribution is 2.27. The third kappa shape index (κ3) is 3.39. The lowest BCUT2D eigenvalue weighted by Crippen LogP contribution is -2.22. The monoisotopic (exact) mass is 351 g/mol. The molecule has 0 radical (unpaired) electrons. The molecule has 1 fully saturated rings. The van der Waals surface area contributed by atoms with Crippen LogP contribution in [0.4, 0.5) is 0 Å². The van der Waals surface area contributed by atoms with Crippen LogP contribution in [0.15, 0.2) is 35.3 Å². The van der Waals surface area contributed by atoms with Crippen molar-refractivity contribution < 1.29 is 4.74 Å². The molecule has 3 aromatic rings. The normalized spacial score (nSPS) is 15.4. The van der Waals surface area contributed by atoms with Crippen LogP contribution in [0.1, 0.15) is 49.1 Å². The second-order valence-electron chi connectivity index (χ2n) is 7.24. The number of hydrogen-bond donors (Lipinski definition) is 2. The Bertz CT molecular complexity index is 951. The first-order chi connectivity index (χ1) is 12.7. The van der Waals surface area contributed by atoms with Crippen molar-refractivity contribution in [2.75, 3.05) is 7.11 Å². The third-order valence-electron chi connectivity index (χ3n) is 5.46. The quantitative estimate of drug-likeness (QED) is 0.730. The van der Waals surface area contributed by atoms with Gasteiger partial charge in [0.1, 0.15) is 5.69 Å². The van der Waals surface area contributed by atoms with E-state index in [1.807, 2.05) is 24.4 Å². The van der Waals surface area contributed by atoms with Gasteiger partial charge in [0, 0.05) is 23.5 Å². The molecule has 5 nitrogen and oxygen atoms in total. The number of aromatic amines is 2. The maximum Gasteiger partial charge on any atom is 0.270 e. The zero-order valence-corrected chi connectivity index (χ0v) is 15.2. The van der Waals surface area contributed by atoms with Gasteiger partial charge in [0.2, 0.25) is 5.88 Å². The van der Waals surface area contributed by atoms with Crippen LogP contribution in [-0.4, -0.2) is 22.1 Å². The van der Waals surface area contributed by atoms with Gasteiger partial charge in [0.25, 0.3) is 5.56 Å². The van der Waals surface area contributed by atoms with Crippen molar-refractivity contribution in [3.63, 3.8) is 0 Å². The standard InChI is InChI=1S/C21H25N3O2/c1-26-21-19(12-15-13-22-17-10-6-5-9-16(15)17)23-20(25)18(24-21)11-14-7-3-2-4-8-14/h5-6,9-10,13-14,22H,2-4,7-8,11-12H2,1H3,(H,23,25). The fourth-order valence-electron chi connectivity index (χ4n) is 4.06. The number of fused-ring (bicyclic) bond motifs is 1. The van der Waals surface area contributed by atoms with Gasteiger partial charge >= 0.3 is 0 Å². The van der Waals surface area contributed by atoms with Gasteiger partial charge in [-0.05, 0) is 24.0 Å². The summed E-state index contributed by atoms with van der Waals surface area (Å²) in [4.78, 5) is 23.5. The highest BCUT2D eigenvalue weighted by molar-refractivity contribution is 5.83. The van der Waals surface area contributed by atoms with E-state index >= 15 is 0 Å². The van der Waals surface area contributed by atoms with Crippen LogP contribution in [0.25, 0.3) is 10.9 Å². The number of nitrogens with one attached hydrogen (secondary N) is 2. The molecule has 26 heavy (non-hydrogen) atoms. The van der Waals surface area contributed by atoms with E-state index in [-0.39, 0.29) is 5.56 Å². The molecule has 1 saturated carbocycles. The highest BCUT2D eigenvalue weighted by Gasteiger charge is 2.19. The molecule has 5 heteroatoms. The Morgan fingerprint density at radius 1 is 1.19 bits per heavy atom. The fraction of sp³-hybridized carbons (Fsp3) is 0.429. The Morgan fingerprint density at radius 3 is 2.81 bits per heavy atom.